The normalized spacial score (nSPS) is 8.41. The average Bonchev–Trinajstić information content (AvgIpc) is 2.41. The summed E-state index contributed by atoms with van der Waals surface area (Å²) in [6.07, 6.45) is 4.23. The first-order valence-corrected chi connectivity index (χ1v) is 4.46. The average molecular weight is 229 g/mol. The van der Waals surface area contributed by atoms with E-state index in [0.29, 0.717) is 5.69 Å². The van der Waals surface area contributed by atoms with Crippen molar-refractivity contribution in [1.82, 2.24) is 15.2 Å². The van der Waals surface area contributed by atoms with E-state index in [0.717, 1.165) is 0 Å². The third-order valence-electron chi connectivity index (χ3n) is 1.54. The molecule has 0 saturated heterocycles. The molecule has 0 radical (unpaired) electrons. The van der Waals surface area contributed by atoms with Crippen molar-refractivity contribution in [2.45, 2.75) is 0 Å². The van der Waals surface area contributed by atoms with Gasteiger partial charge in [0, 0.05) is 18.5 Å². The lowest BCUT2D eigenvalue weighted by molar-refractivity contribution is -0.385. The largest absolute Gasteiger partial charge is 0.287 e. The van der Waals surface area contributed by atoms with E-state index in [-0.39, 0.29) is 5.69 Å². The molecule has 0 atom stereocenters. The SMILES string of the molecule is N#Cc1cccnn1.O=[N+]([O-])c1cccnc1. The van der Waals surface area contributed by atoms with E-state index in [1.807, 2.05) is 6.07 Å². The molecule has 2 aromatic heterocycles. The minimum atomic E-state index is -0.479. The summed E-state index contributed by atoms with van der Waals surface area (Å²) in [6.45, 7) is 0. The molecule has 0 bridgehead atoms. The third-order valence-corrected chi connectivity index (χ3v) is 1.54. The Labute approximate surface area is 96.5 Å². The molecule has 0 spiro atoms. The van der Waals surface area contributed by atoms with Gasteiger partial charge in [0.1, 0.15) is 12.3 Å². The van der Waals surface area contributed by atoms with E-state index in [4.69, 9.17) is 5.26 Å². The van der Waals surface area contributed by atoms with Crippen LogP contribution in [0.15, 0.2) is 42.9 Å². The molecule has 0 aliphatic carbocycles. The van der Waals surface area contributed by atoms with Crippen LogP contribution in [-0.2, 0) is 0 Å². The van der Waals surface area contributed by atoms with E-state index in [1.165, 1.54) is 30.7 Å². The molecule has 7 nitrogen and oxygen atoms in total. The van der Waals surface area contributed by atoms with Crippen LogP contribution in [0.1, 0.15) is 5.69 Å². The molecule has 7 heteroatoms. The lowest BCUT2D eigenvalue weighted by atomic mass is 10.4. The summed E-state index contributed by atoms with van der Waals surface area (Å²) in [5, 5.41) is 25.1. The molecule has 0 amide bonds. The van der Waals surface area contributed by atoms with Crippen molar-refractivity contribution >= 4 is 5.69 Å². The standard InChI is InChI=1S/C5H3N3.C5H4N2O2/c6-4-5-2-1-3-7-8-5;8-7(9)5-2-1-3-6-4-5/h1-3H;1-4H. The van der Waals surface area contributed by atoms with Gasteiger partial charge in [-0.25, -0.2) is 0 Å². The zero-order valence-electron chi connectivity index (χ0n) is 8.59. The van der Waals surface area contributed by atoms with Crippen LogP contribution in [0.25, 0.3) is 0 Å². The Morgan fingerprint density at radius 1 is 1.29 bits per heavy atom. The van der Waals surface area contributed by atoms with Crippen LogP contribution in [0.2, 0.25) is 0 Å². The second-order valence-corrected chi connectivity index (χ2v) is 2.69. The highest BCUT2D eigenvalue weighted by atomic mass is 16.6. The van der Waals surface area contributed by atoms with Crippen LogP contribution in [0, 0.1) is 21.4 Å². The Balaban J connectivity index is 0.000000171. The van der Waals surface area contributed by atoms with Crippen molar-refractivity contribution in [1.29, 1.82) is 5.26 Å². The van der Waals surface area contributed by atoms with Crippen molar-refractivity contribution in [3.63, 3.8) is 0 Å². The van der Waals surface area contributed by atoms with Gasteiger partial charge in [0.2, 0.25) is 0 Å². The third kappa shape index (κ3) is 4.44. The molecule has 0 unspecified atom stereocenters. The Hall–Kier alpha value is -2.88. The first-order valence-electron chi connectivity index (χ1n) is 4.46. The predicted octanol–water partition coefficient (Wildman–Crippen LogP) is 1.34. The van der Waals surface area contributed by atoms with Crippen molar-refractivity contribution in [2.24, 2.45) is 0 Å². The van der Waals surface area contributed by atoms with Crippen molar-refractivity contribution in [2.75, 3.05) is 0 Å². The summed E-state index contributed by atoms with van der Waals surface area (Å²) in [6, 6.07) is 8.05. The second kappa shape index (κ2) is 6.58. The minimum Gasteiger partial charge on any atom is -0.258 e. The molecule has 84 valence electrons. The maximum atomic E-state index is 9.97. The highest BCUT2D eigenvalue weighted by Gasteiger charge is 1.99. The second-order valence-electron chi connectivity index (χ2n) is 2.69. The van der Waals surface area contributed by atoms with Gasteiger partial charge in [-0.1, -0.05) is 0 Å². The number of hydrogen-bond acceptors (Lipinski definition) is 6. The van der Waals surface area contributed by atoms with E-state index in [2.05, 4.69) is 15.2 Å². The zero-order chi connectivity index (χ0) is 12.5. The molecule has 2 heterocycles. The summed E-state index contributed by atoms with van der Waals surface area (Å²) in [4.78, 5) is 13.1. The maximum absolute atomic E-state index is 9.97. The Kier molecular flexibility index (Phi) is 4.72. The quantitative estimate of drug-likeness (QED) is 0.539. The van der Waals surface area contributed by atoms with Crippen molar-refractivity contribution in [3.05, 3.63) is 58.7 Å². The summed E-state index contributed by atoms with van der Waals surface area (Å²) in [5.74, 6) is 0. The van der Waals surface area contributed by atoms with Gasteiger partial charge in [0.15, 0.2) is 5.69 Å². The summed E-state index contributed by atoms with van der Waals surface area (Å²) in [5.41, 5.74) is 0.380. The highest BCUT2D eigenvalue weighted by molar-refractivity contribution is 5.23. The van der Waals surface area contributed by atoms with E-state index in [9.17, 15) is 10.1 Å². The lowest BCUT2D eigenvalue weighted by Crippen LogP contribution is -1.86. The number of pyridine rings is 1. The Morgan fingerprint density at radius 2 is 2.06 bits per heavy atom. The molecule has 0 aromatic carbocycles. The van der Waals surface area contributed by atoms with E-state index < -0.39 is 4.92 Å². The molecule has 0 aliphatic rings. The lowest BCUT2D eigenvalue weighted by Gasteiger charge is -1.84. The number of hydrogen-bond donors (Lipinski definition) is 0. The van der Waals surface area contributed by atoms with Crippen LogP contribution < -0.4 is 0 Å². The number of nitriles is 1. The molecular weight excluding hydrogens is 222 g/mol. The number of aromatic nitrogens is 3. The smallest absolute Gasteiger partial charge is 0.258 e. The van der Waals surface area contributed by atoms with Gasteiger partial charge < -0.3 is 0 Å². The molecule has 2 aromatic rings. The van der Waals surface area contributed by atoms with Gasteiger partial charge in [-0.15, -0.1) is 5.10 Å². The number of rotatable bonds is 1. The molecule has 0 fully saturated rings. The van der Waals surface area contributed by atoms with Gasteiger partial charge in [-0.3, -0.25) is 15.1 Å². The maximum Gasteiger partial charge on any atom is 0.287 e. The van der Waals surface area contributed by atoms with Crippen LogP contribution in [-0.4, -0.2) is 20.1 Å². The first-order chi connectivity index (χ1) is 8.24. The van der Waals surface area contributed by atoms with Gasteiger partial charge in [-0.2, -0.15) is 10.4 Å². The van der Waals surface area contributed by atoms with Gasteiger partial charge in [0.25, 0.3) is 5.69 Å². The number of nitro groups is 1. The predicted molar refractivity (Wildman–Crippen MR) is 57.6 cm³/mol. The molecule has 0 saturated carbocycles. The number of nitrogens with zero attached hydrogens (tertiary/aromatic N) is 5. The fourth-order valence-corrected chi connectivity index (χ4v) is 0.823. The van der Waals surface area contributed by atoms with Crippen LogP contribution in [0.4, 0.5) is 5.69 Å². The highest BCUT2D eigenvalue weighted by Crippen LogP contribution is 2.04. The van der Waals surface area contributed by atoms with Crippen LogP contribution >= 0.6 is 0 Å². The van der Waals surface area contributed by atoms with Gasteiger partial charge in [0.05, 0.1) is 4.92 Å². The molecule has 17 heavy (non-hydrogen) atoms. The van der Waals surface area contributed by atoms with E-state index >= 15 is 0 Å². The fourth-order valence-electron chi connectivity index (χ4n) is 0.823. The monoisotopic (exact) mass is 229 g/mol. The first kappa shape index (κ1) is 12.2. The molecule has 2 rings (SSSR count). The van der Waals surface area contributed by atoms with Gasteiger partial charge >= 0.3 is 0 Å². The van der Waals surface area contributed by atoms with Gasteiger partial charge in [-0.05, 0) is 18.2 Å². The Bertz CT molecular complexity index is 509. The van der Waals surface area contributed by atoms with Crippen molar-refractivity contribution < 1.29 is 4.92 Å². The minimum absolute atomic E-state index is 0.0255. The summed E-state index contributed by atoms with van der Waals surface area (Å²) < 4.78 is 0. The fraction of sp³-hybridized carbons (Fsp3) is 0. The summed E-state index contributed by atoms with van der Waals surface area (Å²) in [7, 11) is 0. The van der Waals surface area contributed by atoms with Crippen LogP contribution in [0.5, 0.6) is 0 Å². The molecule has 0 N–H and O–H groups in total. The van der Waals surface area contributed by atoms with Crippen LogP contribution in [0.3, 0.4) is 0 Å². The molecule has 0 aliphatic heterocycles. The summed E-state index contributed by atoms with van der Waals surface area (Å²) >= 11 is 0. The Morgan fingerprint density at radius 3 is 2.41 bits per heavy atom. The van der Waals surface area contributed by atoms with Crippen molar-refractivity contribution in [3.8, 4) is 6.07 Å². The topological polar surface area (TPSA) is 106 Å². The van der Waals surface area contributed by atoms with E-state index in [1.54, 1.807) is 12.1 Å². The zero-order valence-corrected chi connectivity index (χ0v) is 8.59. The molecular formula is C10H7N5O2.